The molecule has 2 atom stereocenters. The molecular formula is C12H12FNO2S. The van der Waals surface area contributed by atoms with Crippen LogP contribution in [0.3, 0.4) is 0 Å². The summed E-state index contributed by atoms with van der Waals surface area (Å²) in [4.78, 5) is 0.0978. The molecule has 5 heteroatoms. The molecule has 1 aromatic rings. The second kappa shape index (κ2) is 3.81. The van der Waals surface area contributed by atoms with Gasteiger partial charge in [0.15, 0.2) is 14.6 Å². The third-order valence-corrected chi connectivity index (χ3v) is 5.68. The average molecular weight is 253 g/mol. The van der Waals surface area contributed by atoms with Crippen molar-refractivity contribution in [2.45, 2.75) is 23.0 Å². The molecule has 1 saturated carbocycles. The quantitative estimate of drug-likeness (QED) is 0.828. The smallest absolute Gasteiger partial charge is 0.197 e. The van der Waals surface area contributed by atoms with Gasteiger partial charge in [0.1, 0.15) is 0 Å². The summed E-state index contributed by atoms with van der Waals surface area (Å²) in [7, 11) is -3.76. The van der Waals surface area contributed by atoms with Gasteiger partial charge in [-0.2, -0.15) is 5.26 Å². The predicted octanol–water partition coefficient (Wildman–Crippen LogP) is 2.02. The molecule has 1 fully saturated rings. The standard InChI is InChI=1S/C12H12FNO2S/c1-9-2-4-11(5-3-9)17(15,16)12(8-14)6-10(12)7-13/h2-5,10H,6-7H2,1H3/t10-,12-/m0/s1. The molecule has 0 bridgehead atoms. The van der Waals surface area contributed by atoms with Crippen molar-refractivity contribution in [3.8, 4) is 6.07 Å². The molecule has 0 amide bonds. The number of rotatable bonds is 3. The maximum Gasteiger partial charge on any atom is 0.197 e. The zero-order valence-corrected chi connectivity index (χ0v) is 10.2. The Kier molecular flexibility index (Phi) is 2.70. The highest BCUT2D eigenvalue weighted by Gasteiger charge is 2.65. The molecule has 0 saturated heterocycles. The maximum atomic E-state index is 12.6. The first-order valence-corrected chi connectivity index (χ1v) is 6.75. The van der Waals surface area contributed by atoms with Gasteiger partial charge in [0.05, 0.1) is 17.6 Å². The molecule has 1 aliphatic rings. The number of alkyl halides is 1. The number of hydrogen-bond acceptors (Lipinski definition) is 3. The second-order valence-corrected chi connectivity index (χ2v) is 6.58. The van der Waals surface area contributed by atoms with Crippen LogP contribution in [0.15, 0.2) is 29.2 Å². The number of halogens is 1. The highest BCUT2D eigenvalue weighted by atomic mass is 32.2. The Morgan fingerprint density at radius 3 is 2.47 bits per heavy atom. The van der Waals surface area contributed by atoms with E-state index >= 15 is 0 Å². The van der Waals surface area contributed by atoms with Crippen LogP contribution in [0.25, 0.3) is 0 Å². The van der Waals surface area contributed by atoms with Gasteiger partial charge in [-0.1, -0.05) is 17.7 Å². The van der Waals surface area contributed by atoms with Crippen LogP contribution in [0.1, 0.15) is 12.0 Å². The average Bonchev–Trinajstić information content (AvgIpc) is 3.05. The molecule has 17 heavy (non-hydrogen) atoms. The third-order valence-electron chi connectivity index (χ3n) is 3.24. The normalized spacial score (nSPS) is 27.5. The van der Waals surface area contributed by atoms with Gasteiger partial charge >= 0.3 is 0 Å². The molecule has 0 N–H and O–H groups in total. The van der Waals surface area contributed by atoms with E-state index in [1.165, 1.54) is 12.1 Å². The Balaban J connectivity index is 2.45. The Morgan fingerprint density at radius 1 is 1.47 bits per heavy atom. The number of aryl methyl sites for hydroxylation is 1. The Morgan fingerprint density at radius 2 is 2.06 bits per heavy atom. The molecule has 0 spiro atoms. The summed E-state index contributed by atoms with van der Waals surface area (Å²) in [5.74, 6) is -0.682. The van der Waals surface area contributed by atoms with Gasteiger partial charge in [-0.25, -0.2) is 8.42 Å². The van der Waals surface area contributed by atoms with Crippen molar-refractivity contribution in [2.24, 2.45) is 5.92 Å². The van der Waals surface area contributed by atoms with Crippen molar-refractivity contribution >= 4 is 9.84 Å². The highest BCUT2D eigenvalue weighted by molar-refractivity contribution is 7.93. The third kappa shape index (κ3) is 1.64. The van der Waals surface area contributed by atoms with Crippen molar-refractivity contribution in [1.82, 2.24) is 0 Å². The van der Waals surface area contributed by atoms with Gasteiger partial charge in [0.25, 0.3) is 0 Å². The van der Waals surface area contributed by atoms with Crippen LogP contribution in [0.4, 0.5) is 4.39 Å². The number of benzene rings is 1. The first kappa shape index (κ1) is 12.1. The molecule has 1 aliphatic carbocycles. The summed E-state index contributed by atoms with van der Waals surface area (Å²) >= 11 is 0. The van der Waals surface area contributed by atoms with Gasteiger partial charge in [-0.05, 0) is 25.5 Å². The van der Waals surface area contributed by atoms with E-state index in [9.17, 15) is 12.8 Å². The lowest BCUT2D eigenvalue weighted by molar-refractivity contribution is 0.450. The maximum absolute atomic E-state index is 12.6. The van der Waals surface area contributed by atoms with Gasteiger partial charge in [-0.3, -0.25) is 4.39 Å². The van der Waals surface area contributed by atoms with Crippen LogP contribution in [0, 0.1) is 24.2 Å². The monoisotopic (exact) mass is 253 g/mol. The number of nitriles is 1. The van der Waals surface area contributed by atoms with Gasteiger partial charge in [0.2, 0.25) is 0 Å². The van der Waals surface area contributed by atoms with Crippen LogP contribution >= 0.6 is 0 Å². The lowest BCUT2D eigenvalue weighted by Crippen LogP contribution is -2.24. The van der Waals surface area contributed by atoms with Crippen LogP contribution in [0.5, 0.6) is 0 Å². The summed E-state index contributed by atoms with van der Waals surface area (Å²) in [6, 6.07) is 8.06. The summed E-state index contributed by atoms with van der Waals surface area (Å²) in [5.41, 5.74) is 0.938. The Bertz CT molecular complexity index is 574. The zero-order chi connectivity index (χ0) is 12.7. The molecule has 0 heterocycles. The lowest BCUT2D eigenvalue weighted by atomic mass is 10.2. The fourth-order valence-electron chi connectivity index (χ4n) is 1.94. The second-order valence-electron chi connectivity index (χ2n) is 4.37. The van der Waals surface area contributed by atoms with Gasteiger partial charge < -0.3 is 0 Å². The van der Waals surface area contributed by atoms with Gasteiger partial charge in [-0.15, -0.1) is 0 Å². The van der Waals surface area contributed by atoms with Crippen molar-refractivity contribution in [2.75, 3.05) is 6.67 Å². The first-order chi connectivity index (χ1) is 7.98. The van der Waals surface area contributed by atoms with Crippen molar-refractivity contribution in [3.05, 3.63) is 29.8 Å². The number of nitrogens with zero attached hydrogens (tertiary/aromatic N) is 1. The SMILES string of the molecule is Cc1ccc(S(=O)(=O)[C@]2(C#N)C[C@H]2CF)cc1. The summed E-state index contributed by atoms with van der Waals surface area (Å²) < 4.78 is 35.5. The summed E-state index contributed by atoms with van der Waals surface area (Å²) in [5, 5.41) is 9.01. The minimum atomic E-state index is -3.76. The molecule has 0 unspecified atom stereocenters. The summed E-state index contributed by atoms with van der Waals surface area (Å²) in [6.07, 6.45) is 0.0935. The van der Waals surface area contributed by atoms with E-state index < -0.39 is 27.2 Å². The fraction of sp³-hybridized carbons (Fsp3) is 0.417. The van der Waals surface area contributed by atoms with Crippen LogP contribution in [0.2, 0.25) is 0 Å². The zero-order valence-electron chi connectivity index (χ0n) is 9.35. The molecule has 0 radical (unpaired) electrons. The van der Waals surface area contributed by atoms with E-state index in [1.54, 1.807) is 18.2 Å². The van der Waals surface area contributed by atoms with E-state index in [2.05, 4.69) is 0 Å². The van der Waals surface area contributed by atoms with E-state index in [-0.39, 0.29) is 11.3 Å². The van der Waals surface area contributed by atoms with Crippen molar-refractivity contribution in [1.29, 1.82) is 5.26 Å². The van der Waals surface area contributed by atoms with E-state index in [1.807, 2.05) is 6.92 Å². The lowest BCUT2D eigenvalue weighted by Gasteiger charge is -2.10. The molecule has 90 valence electrons. The highest BCUT2D eigenvalue weighted by Crippen LogP contribution is 2.52. The number of sulfone groups is 1. The number of hydrogen-bond donors (Lipinski definition) is 0. The molecule has 2 rings (SSSR count). The van der Waals surface area contributed by atoms with Crippen molar-refractivity contribution < 1.29 is 12.8 Å². The van der Waals surface area contributed by atoms with Gasteiger partial charge in [0, 0.05) is 5.92 Å². The summed E-state index contributed by atoms with van der Waals surface area (Å²) in [6.45, 7) is 1.08. The molecule has 0 aromatic heterocycles. The van der Waals surface area contributed by atoms with E-state index in [0.29, 0.717) is 0 Å². The minimum Gasteiger partial charge on any atom is -0.251 e. The Labute approximate surface area is 99.8 Å². The van der Waals surface area contributed by atoms with Crippen molar-refractivity contribution in [3.63, 3.8) is 0 Å². The minimum absolute atomic E-state index is 0.0935. The van der Waals surface area contributed by atoms with Crippen LogP contribution in [-0.4, -0.2) is 19.8 Å². The van der Waals surface area contributed by atoms with E-state index in [0.717, 1.165) is 5.56 Å². The Hall–Kier alpha value is -1.41. The topological polar surface area (TPSA) is 57.9 Å². The largest absolute Gasteiger partial charge is 0.251 e. The van der Waals surface area contributed by atoms with Crippen LogP contribution in [-0.2, 0) is 9.84 Å². The molecule has 0 aliphatic heterocycles. The molecule has 1 aromatic carbocycles. The predicted molar refractivity (Wildman–Crippen MR) is 60.8 cm³/mol. The molecule has 3 nitrogen and oxygen atoms in total. The molecular weight excluding hydrogens is 241 g/mol. The fourth-order valence-corrected chi connectivity index (χ4v) is 3.90. The first-order valence-electron chi connectivity index (χ1n) is 5.26. The van der Waals surface area contributed by atoms with E-state index in [4.69, 9.17) is 5.26 Å². The van der Waals surface area contributed by atoms with Crippen LogP contribution < -0.4 is 0 Å².